The molecule has 2 fully saturated rings. The Labute approximate surface area is 90.6 Å². The second kappa shape index (κ2) is 3.08. The van der Waals surface area contributed by atoms with Crippen molar-refractivity contribution >= 4 is 0 Å². The molecule has 4 unspecified atom stereocenters. The summed E-state index contributed by atoms with van der Waals surface area (Å²) in [6.07, 6.45) is 6.12. The molecule has 82 valence electrons. The Morgan fingerprint density at radius 3 is 2.67 bits per heavy atom. The van der Waals surface area contributed by atoms with Gasteiger partial charge in [0.15, 0.2) is 0 Å². The SMILES string of the molecule is C1CC2=C1C1CC(COCC3CO3)C2C1. The third-order valence-electron chi connectivity index (χ3n) is 4.75. The lowest BCUT2D eigenvalue weighted by atomic mass is 9.74. The zero-order chi connectivity index (χ0) is 9.83. The van der Waals surface area contributed by atoms with Crippen molar-refractivity contribution < 1.29 is 9.47 Å². The molecule has 0 aromatic rings. The zero-order valence-electron chi connectivity index (χ0n) is 9.08. The smallest absolute Gasteiger partial charge is 0.104 e. The van der Waals surface area contributed by atoms with E-state index in [4.69, 9.17) is 9.47 Å². The summed E-state index contributed by atoms with van der Waals surface area (Å²) in [7, 11) is 0. The first-order valence-electron chi connectivity index (χ1n) is 6.33. The van der Waals surface area contributed by atoms with Gasteiger partial charge in [-0.25, -0.2) is 0 Å². The van der Waals surface area contributed by atoms with Gasteiger partial charge >= 0.3 is 0 Å². The first kappa shape index (κ1) is 8.77. The van der Waals surface area contributed by atoms with E-state index in [0.29, 0.717) is 6.10 Å². The van der Waals surface area contributed by atoms with E-state index in [-0.39, 0.29) is 0 Å². The van der Waals surface area contributed by atoms with Crippen LogP contribution in [-0.4, -0.2) is 25.9 Å². The highest BCUT2D eigenvalue weighted by atomic mass is 16.6. The van der Waals surface area contributed by atoms with Crippen LogP contribution in [0.15, 0.2) is 11.1 Å². The van der Waals surface area contributed by atoms with Gasteiger partial charge in [0.25, 0.3) is 0 Å². The number of ether oxygens (including phenoxy) is 2. The molecule has 4 atom stereocenters. The molecule has 0 aromatic heterocycles. The van der Waals surface area contributed by atoms with Crippen molar-refractivity contribution in [2.24, 2.45) is 17.8 Å². The normalized spacial score (nSPS) is 45.6. The van der Waals surface area contributed by atoms with Crippen LogP contribution in [0.2, 0.25) is 0 Å². The Balaban J connectivity index is 1.35. The average molecular weight is 206 g/mol. The molecule has 0 N–H and O–H groups in total. The minimum absolute atomic E-state index is 0.432. The van der Waals surface area contributed by atoms with E-state index in [2.05, 4.69) is 0 Å². The van der Waals surface area contributed by atoms with Crippen LogP contribution in [-0.2, 0) is 9.47 Å². The summed E-state index contributed by atoms with van der Waals surface area (Å²) in [5, 5.41) is 0. The van der Waals surface area contributed by atoms with Gasteiger partial charge in [-0.2, -0.15) is 0 Å². The van der Waals surface area contributed by atoms with Gasteiger partial charge in [-0.3, -0.25) is 0 Å². The zero-order valence-corrected chi connectivity index (χ0v) is 9.08. The molecule has 2 bridgehead atoms. The molecule has 15 heavy (non-hydrogen) atoms. The number of epoxide rings is 1. The van der Waals surface area contributed by atoms with Gasteiger partial charge in [0.05, 0.1) is 19.8 Å². The Bertz CT molecular complexity index is 316. The van der Waals surface area contributed by atoms with Crippen molar-refractivity contribution in [3.8, 4) is 0 Å². The summed E-state index contributed by atoms with van der Waals surface area (Å²) in [6, 6.07) is 0. The number of fused-ring (bicyclic) bond motifs is 4. The molecule has 1 saturated carbocycles. The Morgan fingerprint density at radius 1 is 1.13 bits per heavy atom. The van der Waals surface area contributed by atoms with Crippen LogP contribution in [0.25, 0.3) is 0 Å². The summed E-state index contributed by atoms with van der Waals surface area (Å²) in [5.74, 6) is 2.72. The molecule has 0 amide bonds. The highest BCUT2D eigenvalue weighted by molar-refractivity contribution is 5.37. The summed E-state index contributed by atoms with van der Waals surface area (Å²) in [5.41, 5.74) is 3.68. The van der Waals surface area contributed by atoms with Crippen LogP contribution >= 0.6 is 0 Å². The lowest BCUT2D eigenvalue weighted by molar-refractivity contribution is 0.0751. The van der Waals surface area contributed by atoms with Gasteiger partial charge in [-0.15, -0.1) is 0 Å². The molecule has 0 spiro atoms. The summed E-state index contributed by atoms with van der Waals surface area (Å²) in [6.45, 7) is 2.74. The highest BCUT2D eigenvalue weighted by Crippen LogP contribution is 2.59. The van der Waals surface area contributed by atoms with E-state index in [1.807, 2.05) is 11.1 Å². The molecule has 1 heterocycles. The quantitative estimate of drug-likeness (QED) is 0.519. The predicted octanol–water partition coefficient (Wildman–Crippen LogP) is 2.15. The minimum atomic E-state index is 0.432. The molecule has 4 rings (SSSR count). The fourth-order valence-electron chi connectivity index (χ4n) is 3.84. The lowest BCUT2D eigenvalue weighted by Gasteiger charge is -2.33. The van der Waals surface area contributed by atoms with Crippen LogP contribution < -0.4 is 0 Å². The maximum absolute atomic E-state index is 5.75. The van der Waals surface area contributed by atoms with Crippen molar-refractivity contribution in [1.82, 2.24) is 0 Å². The molecule has 4 aliphatic rings. The second-order valence-corrected chi connectivity index (χ2v) is 5.58. The van der Waals surface area contributed by atoms with E-state index in [0.717, 1.165) is 37.6 Å². The van der Waals surface area contributed by atoms with Crippen molar-refractivity contribution in [2.75, 3.05) is 19.8 Å². The summed E-state index contributed by atoms with van der Waals surface area (Å²) < 4.78 is 10.9. The van der Waals surface area contributed by atoms with Gasteiger partial charge in [0, 0.05) is 0 Å². The lowest BCUT2D eigenvalue weighted by Crippen LogP contribution is -2.24. The monoisotopic (exact) mass is 206 g/mol. The number of allylic oxidation sites excluding steroid dienone is 2. The predicted molar refractivity (Wildman–Crippen MR) is 56.5 cm³/mol. The largest absolute Gasteiger partial charge is 0.378 e. The third-order valence-corrected chi connectivity index (χ3v) is 4.75. The maximum Gasteiger partial charge on any atom is 0.104 e. The summed E-state index contributed by atoms with van der Waals surface area (Å²) in [4.78, 5) is 0. The first-order chi connectivity index (χ1) is 7.42. The van der Waals surface area contributed by atoms with Crippen molar-refractivity contribution in [3.63, 3.8) is 0 Å². The molecule has 0 aromatic carbocycles. The van der Waals surface area contributed by atoms with Gasteiger partial charge in [-0.05, 0) is 43.4 Å². The van der Waals surface area contributed by atoms with Crippen LogP contribution in [0.4, 0.5) is 0 Å². The molecule has 1 aliphatic heterocycles. The van der Waals surface area contributed by atoms with Crippen molar-refractivity contribution in [3.05, 3.63) is 11.1 Å². The molecular formula is C13H18O2. The molecule has 1 saturated heterocycles. The van der Waals surface area contributed by atoms with E-state index in [1.165, 1.54) is 25.7 Å². The van der Waals surface area contributed by atoms with Crippen LogP contribution in [0.5, 0.6) is 0 Å². The van der Waals surface area contributed by atoms with Gasteiger partial charge in [0.2, 0.25) is 0 Å². The van der Waals surface area contributed by atoms with E-state index >= 15 is 0 Å². The van der Waals surface area contributed by atoms with Gasteiger partial charge in [0.1, 0.15) is 6.10 Å². The number of hydrogen-bond donors (Lipinski definition) is 0. The third kappa shape index (κ3) is 1.31. The molecule has 0 radical (unpaired) electrons. The van der Waals surface area contributed by atoms with Crippen LogP contribution in [0, 0.1) is 17.8 Å². The fourth-order valence-corrected chi connectivity index (χ4v) is 3.84. The average Bonchev–Trinajstić information content (AvgIpc) is 2.84. The first-order valence-corrected chi connectivity index (χ1v) is 6.33. The Kier molecular flexibility index (Phi) is 1.80. The Hall–Kier alpha value is -0.340. The maximum atomic E-state index is 5.75. The Morgan fingerprint density at radius 2 is 2.00 bits per heavy atom. The van der Waals surface area contributed by atoms with E-state index < -0.39 is 0 Å². The summed E-state index contributed by atoms with van der Waals surface area (Å²) >= 11 is 0. The highest BCUT2D eigenvalue weighted by Gasteiger charge is 2.48. The van der Waals surface area contributed by atoms with Crippen LogP contribution in [0.3, 0.4) is 0 Å². The molecule has 2 heteroatoms. The molecule has 2 nitrogen and oxygen atoms in total. The van der Waals surface area contributed by atoms with Crippen molar-refractivity contribution in [1.29, 1.82) is 0 Å². The number of hydrogen-bond acceptors (Lipinski definition) is 2. The van der Waals surface area contributed by atoms with E-state index in [1.54, 1.807) is 0 Å². The molecule has 3 aliphatic carbocycles. The van der Waals surface area contributed by atoms with Crippen LogP contribution in [0.1, 0.15) is 25.7 Å². The van der Waals surface area contributed by atoms with E-state index in [9.17, 15) is 0 Å². The standard InChI is InChI=1S/C13H18O2/c1-2-12-11(1)8-3-9(13(12)4-8)5-14-6-10-7-15-10/h8-10,13H,1-7H2. The molecular weight excluding hydrogens is 188 g/mol. The second-order valence-electron chi connectivity index (χ2n) is 5.58. The minimum Gasteiger partial charge on any atom is -0.378 e. The van der Waals surface area contributed by atoms with Crippen molar-refractivity contribution in [2.45, 2.75) is 31.8 Å². The topological polar surface area (TPSA) is 21.8 Å². The fraction of sp³-hybridized carbons (Fsp3) is 0.846. The van der Waals surface area contributed by atoms with Gasteiger partial charge in [-0.1, -0.05) is 11.1 Å². The number of rotatable bonds is 4. The van der Waals surface area contributed by atoms with Gasteiger partial charge < -0.3 is 9.47 Å².